The first kappa shape index (κ1) is 40.9. The van der Waals surface area contributed by atoms with E-state index >= 15 is 0 Å². The van der Waals surface area contributed by atoms with Crippen LogP contribution in [-0.2, 0) is 38.2 Å². The van der Waals surface area contributed by atoms with Crippen molar-refractivity contribution in [3.8, 4) is 11.1 Å². The summed E-state index contributed by atoms with van der Waals surface area (Å²) in [5.41, 5.74) is 18.7. The molecule has 1 saturated heterocycles. The Hall–Kier alpha value is -5.82. The second-order valence-electron chi connectivity index (χ2n) is 12.7. The molecule has 1 fully saturated rings. The number of aliphatic imine (C=N–C) groups is 1. The van der Waals surface area contributed by atoms with E-state index in [1.54, 1.807) is 12.1 Å². The summed E-state index contributed by atoms with van der Waals surface area (Å²) >= 11 is 0. The molecule has 4 rings (SSSR count). The van der Waals surface area contributed by atoms with E-state index < -0.39 is 60.3 Å². The number of guanidine groups is 1. The Morgan fingerprint density at radius 3 is 2.43 bits per heavy atom. The molecular weight excluding hydrogens is 706 g/mol. The number of ether oxygens (including phenoxy) is 2. The molecule has 0 spiro atoms. The van der Waals surface area contributed by atoms with Gasteiger partial charge in [-0.25, -0.2) is 4.48 Å². The van der Waals surface area contributed by atoms with E-state index in [2.05, 4.69) is 15.6 Å². The molecule has 0 saturated carbocycles. The number of amides is 2. The number of carboxylic acids is 1. The molecule has 288 valence electrons. The van der Waals surface area contributed by atoms with Crippen molar-refractivity contribution in [2.45, 2.75) is 31.3 Å². The van der Waals surface area contributed by atoms with E-state index in [0.29, 0.717) is 43.2 Å². The Morgan fingerprint density at radius 1 is 1.04 bits per heavy atom. The third-order valence-corrected chi connectivity index (χ3v) is 8.78. The van der Waals surface area contributed by atoms with Crippen molar-refractivity contribution in [3.63, 3.8) is 0 Å². The van der Waals surface area contributed by atoms with Gasteiger partial charge in [0.05, 0.1) is 62.9 Å². The van der Waals surface area contributed by atoms with Crippen molar-refractivity contribution in [2.24, 2.45) is 28.1 Å². The highest BCUT2D eigenvalue weighted by atomic mass is 16.5. The average molecular weight is 751 g/mol. The van der Waals surface area contributed by atoms with Crippen molar-refractivity contribution in [1.82, 2.24) is 15.1 Å². The number of hydrogen-bond donors (Lipinski definition) is 6. The van der Waals surface area contributed by atoms with E-state index in [9.17, 15) is 33.6 Å². The summed E-state index contributed by atoms with van der Waals surface area (Å²) in [6.07, 6.45) is -1.10. The highest BCUT2D eigenvalue weighted by Crippen LogP contribution is 2.33. The van der Waals surface area contributed by atoms with Crippen LogP contribution in [0.3, 0.4) is 0 Å². The van der Waals surface area contributed by atoms with Crippen LogP contribution < -0.4 is 37.7 Å². The molecule has 2 amide bonds. The number of carboxylic acid groups (broad SMARTS) is 1. The Balaban J connectivity index is 1.39. The minimum Gasteiger partial charge on any atom is -0.481 e. The number of fused-ring (bicyclic) bond motifs is 1. The number of rotatable bonds is 20. The minimum atomic E-state index is -1.38. The van der Waals surface area contributed by atoms with E-state index in [-0.39, 0.29) is 54.9 Å². The zero-order chi connectivity index (χ0) is 39.3. The van der Waals surface area contributed by atoms with Gasteiger partial charge >= 0.3 is 11.9 Å². The highest BCUT2D eigenvalue weighted by molar-refractivity contribution is 6.38. The summed E-state index contributed by atoms with van der Waals surface area (Å²) in [7, 11) is 0. The number of nitrogens with one attached hydrogen (secondary N) is 2. The van der Waals surface area contributed by atoms with E-state index in [4.69, 9.17) is 36.2 Å². The number of carbonyl (C=O) groups is 6. The topological polar surface area (TPSA) is 286 Å². The number of benzene rings is 2. The fourth-order valence-electron chi connectivity index (χ4n) is 5.88. The van der Waals surface area contributed by atoms with Crippen LogP contribution >= 0.6 is 0 Å². The standard InChI is InChI=1S/C36H43N7O11/c37-27(35(51)40-19-30(47)42-24(20-44)16-32(48)49)15-23(18-41-36(38)39)33(50)28(45)9-12-53-21-43(10-13-52-14-11-43)31-17-29(46)26-8-4-7-25(34(26)54-31)22-5-2-1-3-6-22/h1-8,17,20,23-24,27H,9-16,18-19,21,37H2,(H6-,38,39,40,41,42,47,48,49,51)/p+1/t23?,24-,27-/m0/s1. The van der Waals surface area contributed by atoms with Gasteiger partial charge in [-0.05, 0) is 18.1 Å². The van der Waals surface area contributed by atoms with Crippen LogP contribution in [0, 0.1) is 5.92 Å². The monoisotopic (exact) mass is 750 g/mol. The molecule has 54 heavy (non-hydrogen) atoms. The third-order valence-electron chi connectivity index (χ3n) is 8.78. The molecule has 2 heterocycles. The zero-order valence-electron chi connectivity index (χ0n) is 29.4. The third kappa shape index (κ3) is 11.1. The van der Waals surface area contributed by atoms with Crippen LogP contribution in [0.2, 0.25) is 0 Å². The van der Waals surface area contributed by atoms with Gasteiger partial charge in [-0.3, -0.25) is 33.8 Å². The normalized spacial score (nSPS) is 15.3. The first-order chi connectivity index (χ1) is 25.8. The minimum absolute atomic E-state index is 0.00668. The van der Waals surface area contributed by atoms with E-state index in [0.717, 1.165) is 11.1 Å². The number of carbonyl (C=O) groups excluding carboxylic acids is 5. The molecule has 18 heteroatoms. The first-order valence-electron chi connectivity index (χ1n) is 17.1. The van der Waals surface area contributed by atoms with Gasteiger partial charge in [0.1, 0.15) is 19.4 Å². The molecule has 0 bridgehead atoms. The van der Waals surface area contributed by atoms with E-state index in [1.807, 2.05) is 36.4 Å². The lowest BCUT2D eigenvalue weighted by atomic mass is 9.92. The molecule has 1 aromatic heterocycles. The van der Waals surface area contributed by atoms with Crippen LogP contribution in [0.5, 0.6) is 0 Å². The molecule has 0 aliphatic carbocycles. The second kappa shape index (κ2) is 19.3. The number of nitrogens with zero attached hydrogens (tertiary/aromatic N) is 2. The molecule has 1 unspecified atom stereocenters. The van der Waals surface area contributed by atoms with Gasteiger partial charge in [-0.15, -0.1) is 0 Å². The van der Waals surface area contributed by atoms with E-state index in [1.165, 1.54) is 6.07 Å². The Bertz CT molecular complexity index is 1920. The molecule has 9 N–H and O–H groups in total. The lowest BCUT2D eigenvalue weighted by Crippen LogP contribution is -2.57. The second-order valence-corrected chi connectivity index (χ2v) is 12.7. The molecule has 1 aliphatic rings. The smallest absolute Gasteiger partial charge is 0.305 e. The number of para-hydroxylation sites is 1. The maximum Gasteiger partial charge on any atom is 0.305 e. The number of aldehydes is 1. The van der Waals surface area contributed by atoms with Crippen LogP contribution in [0.25, 0.3) is 22.1 Å². The Labute approximate surface area is 309 Å². The van der Waals surface area contributed by atoms with Crippen LogP contribution in [0.1, 0.15) is 19.3 Å². The molecule has 2 aromatic carbocycles. The van der Waals surface area contributed by atoms with Crippen LogP contribution in [-0.4, -0.2) is 112 Å². The first-order valence-corrected chi connectivity index (χ1v) is 17.1. The fraction of sp³-hybridized carbons (Fsp3) is 0.389. The van der Waals surface area contributed by atoms with Gasteiger partial charge in [-0.2, -0.15) is 0 Å². The van der Waals surface area contributed by atoms with Crippen LogP contribution in [0.4, 0.5) is 5.88 Å². The van der Waals surface area contributed by atoms with Crippen molar-refractivity contribution in [3.05, 3.63) is 64.8 Å². The van der Waals surface area contributed by atoms with Gasteiger partial charge in [0, 0.05) is 17.9 Å². The maximum absolute atomic E-state index is 13.4. The van der Waals surface area contributed by atoms with Gasteiger partial charge < -0.3 is 51.6 Å². The SMILES string of the molecule is NC(N)=NCC(C[C@H](N)C(=O)NCC(=O)N[C@H](C=O)CC(=O)O)C(=O)C(=O)CCOC[N+]1(c2cc(=O)c3cccc(-c4ccccc4)c3o2)CCOCC1. The van der Waals surface area contributed by atoms with Crippen molar-refractivity contribution >= 4 is 58.4 Å². The molecular formula is C36H44N7O11+. The summed E-state index contributed by atoms with van der Waals surface area (Å²) in [6, 6.07) is 13.7. The molecule has 3 aromatic rings. The van der Waals surface area contributed by atoms with Gasteiger partial charge in [-0.1, -0.05) is 42.5 Å². The van der Waals surface area contributed by atoms with Gasteiger partial charge in [0.2, 0.25) is 23.4 Å². The van der Waals surface area contributed by atoms with Crippen LogP contribution in [0.15, 0.2) is 68.8 Å². The number of morpholine rings is 1. The van der Waals surface area contributed by atoms with Crippen molar-refractivity contribution in [1.29, 1.82) is 0 Å². The van der Waals surface area contributed by atoms with Gasteiger partial charge in [0.15, 0.2) is 23.7 Å². The summed E-state index contributed by atoms with van der Waals surface area (Å²) in [6.45, 7) is 0.398. The summed E-state index contributed by atoms with van der Waals surface area (Å²) < 4.78 is 18.1. The number of ketones is 2. The number of hydrogen-bond acceptors (Lipinski definition) is 12. The highest BCUT2D eigenvalue weighted by Gasteiger charge is 2.37. The predicted molar refractivity (Wildman–Crippen MR) is 196 cm³/mol. The summed E-state index contributed by atoms with van der Waals surface area (Å²) in [4.78, 5) is 90.0. The quantitative estimate of drug-likeness (QED) is 0.0206. The molecule has 18 nitrogen and oxygen atoms in total. The fourth-order valence-corrected chi connectivity index (χ4v) is 5.88. The number of aliphatic carboxylic acids is 1. The lowest BCUT2D eigenvalue weighted by Gasteiger charge is -2.38. The number of quaternary nitrogens is 1. The Kier molecular flexibility index (Phi) is 14.6. The maximum atomic E-state index is 13.4. The number of Topliss-reactive ketones (excluding diaryl/α,β-unsaturated/α-hetero) is 2. The van der Waals surface area contributed by atoms with Crippen molar-refractivity contribution in [2.75, 3.05) is 52.7 Å². The summed E-state index contributed by atoms with van der Waals surface area (Å²) in [5, 5.41) is 13.6. The predicted octanol–water partition coefficient (Wildman–Crippen LogP) is -0.818. The van der Waals surface area contributed by atoms with Crippen molar-refractivity contribution < 1.29 is 47.8 Å². The Morgan fingerprint density at radius 2 is 1.76 bits per heavy atom. The molecule has 3 atom stereocenters. The zero-order valence-corrected chi connectivity index (χ0v) is 29.4. The molecule has 0 radical (unpaired) electrons. The number of nitrogens with two attached hydrogens (primary N) is 3. The average Bonchev–Trinajstić information content (AvgIpc) is 3.16. The largest absolute Gasteiger partial charge is 0.481 e. The summed E-state index contributed by atoms with van der Waals surface area (Å²) in [5.74, 6) is -5.93. The lowest BCUT2D eigenvalue weighted by molar-refractivity contribution is -0.140. The molecule has 1 aliphatic heterocycles. The van der Waals surface area contributed by atoms with Gasteiger partial charge in [0.25, 0.3) is 0 Å².